The fourth-order valence-corrected chi connectivity index (χ4v) is 3.23. The van der Waals surface area contributed by atoms with Gasteiger partial charge in [-0.1, -0.05) is 26.0 Å². The van der Waals surface area contributed by atoms with Gasteiger partial charge in [-0.3, -0.25) is 4.79 Å². The number of benzene rings is 1. The molecule has 2 heterocycles. The SMILES string of the molecule is COc1ccccc1N1CCC(NC(=O)c2cncnc2C(C)C)C1. The summed E-state index contributed by atoms with van der Waals surface area (Å²) < 4.78 is 5.44. The molecule has 0 saturated carbocycles. The zero-order chi connectivity index (χ0) is 17.8. The molecule has 1 aromatic carbocycles. The molecule has 3 rings (SSSR count). The molecule has 25 heavy (non-hydrogen) atoms. The van der Waals surface area contributed by atoms with Crippen LogP contribution in [0.25, 0.3) is 0 Å². The number of nitrogens with zero attached hydrogens (tertiary/aromatic N) is 3. The summed E-state index contributed by atoms with van der Waals surface area (Å²) in [5.74, 6) is 0.932. The predicted octanol–water partition coefficient (Wildman–Crippen LogP) is 2.62. The third-order valence-electron chi connectivity index (χ3n) is 4.48. The van der Waals surface area contributed by atoms with Crippen molar-refractivity contribution in [2.75, 3.05) is 25.1 Å². The zero-order valence-electron chi connectivity index (χ0n) is 14.9. The van der Waals surface area contributed by atoms with Gasteiger partial charge in [0.15, 0.2) is 0 Å². The number of para-hydroxylation sites is 2. The Hall–Kier alpha value is -2.63. The molecular weight excluding hydrogens is 316 g/mol. The molecule has 132 valence electrons. The fourth-order valence-electron chi connectivity index (χ4n) is 3.23. The number of hydrogen-bond acceptors (Lipinski definition) is 5. The molecule has 6 nitrogen and oxygen atoms in total. The predicted molar refractivity (Wildman–Crippen MR) is 97.2 cm³/mol. The summed E-state index contributed by atoms with van der Waals surface area (Å²) in [6.45, 7) is 5.70. The number of hydrogen-bond donors (Lipinski definition) is 1. The summed E-state index contributed by atoms with van der Waals surface area (Å²) in [4.78, 5) is 23.2. The van der Waals surface area contributed by atoms with Gasteiger partial charge in [0.25, 0.3) is 5.91 Å². The van der Waals surface area contributed by atoms with E-state index in [0.29, 0.717) is 5.56 Å². The summed E-state index contributed by atoms with van der Waals surface area (Å²) in [5, 5.41) is 3.13. The van der Waals surface area contributed by atoms with E-state index in [1.807, 2.05) is 38.1 Å². The van der Waals surface area contributed by atoms with Gasteiger partial charge >= 0.3 is 0 Å². The van der Waals surface area contributed by atoms with Crippen molar-refractivity contribution in [2.45, 2.75) is 32.2 Å². The second kappa shape index (κ2) is 7.51. The number of aromatic nitrogens is 2. The van der Waals surface area contributed by atoms with Gasteiger partial charge in [-0.2, -0.15) is 0 Å². The van der Waals surface area contributed by atoms with Crippen molar-refractivity contribution in [2.24, 2.45) is 0 Å². The van der Waals surface area contributed by atoms with E-state index in [1.165, 1.54) is 6.33 Å². The Morgan fingerprint density at radius 1 is 1.36 bits per heavy atom. The van der Waals surface area contributed by atoms with Crippen LogP contribution < -0.4 is 15.0 Å². The van der Waals surface area contributed by atoms with Crippen LogP contribution in [0, 0.1) is 0 Å². The second-order valence-corrected chi connectivity index (χ2v) is 6.55. The van der Waals surface area contributed by atoms with E-state index in [2.05, 4.69) is 20.2 Å². The number of rotatable bonds is 5. The van der Waals surface area contributed by atoms with Gasteiger partial charge in [-0.25, -0.2) is 9.97 Å². The van der Waals surface area contributed by atoms with Gasteiger partial charge in [0.2, 0.25) is 0 Å². The largest absolute Gasteiger partial charge is 0.495 e. The Kier molecular flexibility index (Phi) is 5.16. The lowest BCUT2D eigenvalue weighted by Gasteiger charge is -2.21. The average molecular weight is 340 g/mol. The number of anilines is 1. The average Bonchev–Trinajstić information content (AvgIpc) is 3.09. The summed E-state index contributed by atoms with van der Waals surface area (Å²) >= 11 is 0. The maximum atomic E-state index is 12.7. The van der Waals surface area contributed by atoms with Crippen LogP contribution in [0.1, 0.15) is 42.2 Å². The highest BCUT2D eigenvalue weighted by atomic mass is 16.5. The van der Waals surface area contributed by atoms with Crippen LogP contribution in [0.3, 0.4) is 0 Å². The van der Waals surface area contributed by atoms with Gasteiger partial charge in [0.1, 0.15) is 12.1 Å². The molecule has 2 aromatic rings. The van der Waals surface area contributed by atoms with Crippen molar-refractivity contribution >= 4 is 11.6 Å². The first-order chi connectivity index (χ1) is 12.1. The summed E-state index contributed by atoms with van der Waals surface area (Å²) in [6, 6.07) is 8.06. The van der Waals surface area contributed by atoms with E-state index in [9.17, 15) is 4.79 Å². The van der Waals surface area contributed by atoms with E-state index in [4.69, 9.17) is 4.74 Å². The van der Waals surface area contributed by atoms with Crippen LogP contribution in [0.4, 0.5) is 5.69 Å². The van der Waals surface area contributed by atoms with Gasteiger partial charge in [0.05, 0.1) is 24.1 Å². The molecule has 1 unspecified atom stereocenters. The lowest BCUT2D eigenvalue weighted by atomic mass is 10.0. The van der Waals surface area contributed by atoms with Crippen LogP contribution in [-0.4, -0.2) is 42.1 Å². The first kappa shape index (κ1) is 17.2. The Morgan fingerprint density at radius 3 is 2.92 bits per heavy atom. The molecule has 0 spiro atoms. The number of carbonyl (C=O) groups excluding carboxylic acids is 1. The summed E-state index contributed by atoms with van der Waals surface area (Å²) in [6.07, 6.45) is 3.99. The second-order valence-electron chi connectivity index (χ2n) is 6.55. The molecule has 1 aliphatic heterocycles. The lowest BCUT2D eigenvalue weighted by molar-refractivity contribution is 0.0938. The van der Waals surface area contributed by atoms with E-state index < -0.39 is 0 Å². The van der Waals surface area contributed by atoms with Crippen LogP contribution in [0.15, 0.2) is 36.8 Å². The Labute approximate surface area is 148 Å². The van der Waals surface area contributed by atoms with Crippen LogP contribution in [0.5, 0.6) is 5.75 Å². The number of amides is 1. The number of ether oxygens (including phenoxy) is 1. The molecule has 1 amide bonds. The highest BCUT2D eigenvalue weighted by molar-refractivity contribution is 5.95. The third kappa shape index (κ3) is 3.73. The molecule has 1 aliphatic rings. The molecule has 1 fully saturated rings. The quantitative estimate of drug-likeness (QED) is 0.906. The van der Waals surface area contributed by atoms with E-state index in [-0.39, 0.29) is 17.9 Å². The first-order valence-corrected chi connectivity index (χ1v) is 8.59. The third-order valence-corrected chi connectivity index (χ3v) is 4.48. The topological polar surface area (TPSA) is 67.3 Å². The molecule has 1 saturated heterocycles. The molecule has 6 heteroatoms. The Balaban J connectivity index is 1.68. The summed E-state index contributed by atoms with van der Waals surface area (Å²) in [7, 11) is 1.68. The maximum absolute atomic E-state index is 12.7. The van der Waals surface area contributed by atoms with Crippen molar-refractivity contribution in [1.29, 1.82) is 0 Å². The summed E-state index contributed by atoms with van der Waals surface area (Å²) in [5.41, 5.74) is 2.41. The standard InChI is InChI=1S/C19H24N4O2/c1-13(2)18-15(10-20-12-21-18)19(24)22-14-8-9-23(11-14)16-6-4-5-7-17(16)25-3/h4-7,10,12-14H,8-9,11H2,1-3H3,(H,22,24). The smallest absolute Gasteiger partial charge is 0.254 e. The van der Waals surface area contributed by atoms with Gasteiger partial charge in [-0.05, 0) is 24.5 Å². The van der Waals surface area contributed by atoms with Crippen LogP contribution in [-0.2, 0) is 0 Å². The minimum Gasteiger partial charge on any atom is -0.495 e. The molecule has 1 N–H and O–H groups in total. The first-order valence-electron chi connectivity index (χ1n) is 8.59. The highest BCUT2D eigenvalue weighted by Crippen LogP contribution is 2.30. The Bertz CT molecular complexity index is 748. The fraction of sp³-hybridized carbons (Fsp3) is 0.421. The van der Waals surface area contributed by atoms with Crippen molar-refractivity contribution < 1.29 is 9.53 Å². The monoisotopic (exact) mass is 340 g/mol. The van der Waals surface area contributed by atoms with Gasteiger partial charge in [0, 0.05) is 25.3 Å². The van der Waals surface area contributed by atoms with Crippen molar-refractivity contribution in [3.63, 3.8) is 0 Å². The van der Waals surface area contributed by atoms with E-state index >= 15 is 0 Å². The van der Waals surface area contributed by atoms with Gasteiger partial charge < -0.3 is 15.0 Å². The molecular formula is C19H24N4O2. The normalized spacial score (nSPS) is 17.0. The van der Waals surface area contributed by atoms with Crippen molar-refractivity contribution in [3.05, 3.63) is 48.0 Å². The molecule has 1 atom stereocenters. The molecule has 0 bridgehead atoms. The van der Waals surface area contributed by atoms with Crippen molar-refractivity contribution in [1.82, 2.24) is 15.3 Å². The van der Waals surface area contributed by atoms with Crippen molar-refractivity contribution in [3.8, 4) is 5.75 Å². The number of nitrogens with one attached hydrogen (secondary N) is 1. The molecule has 0 radical (unpaired) electrons. The minimum atomic E-state index is -0.101. The van der Waals surface area contributed by atoms with E-state index in [1.54, 1.807) is 13.3 Å². The van der Waals surface area contributed by atoms with Gasteiger partial charge in [-0.15, -0.1) is 0 Å². The number of carbonyl (C=O) groups is 1. The van der Waals surface area contributed by atoms with E-state index in [0.717, 1.165) is 36.6 Å². The Morgan fingerprint density at radius 2 is 2.16 bits per heavy atom. The molecule has 1 aromatic heterocycles. The van der Waals surface area contributed by atoms with Crippen LogP contribution >= 0.6 is 0 Å². The van der Waals surface area contributed by atoms with Crippen LogP contribution in [0.2, 0.25) is 0 Å². The minimum absolute atomic E-state index is 0.0950. The highest BCUT2D eigenvalue weighted by Gasteiger charge is 2.27. The molecule has 0 aliphatic carbocycles. The number of methoxy groups -OCH3 is 1. The maximum Gasteiger partial charge on any atom is 0.254 e. The zero-order valence-corrected chi connectivity index (χ0v) is 14.9. The lowest BCUT2D eigenvalue weighted by Crippen LogP contribution is -2.37.